The summed E-state index contributed by atoms with van der Waals surface area (Å²) in [4.78, 5) is 25.3. The molecule has 0 aromatic heterocycles. The lowest BCUT2D eigenvalue weighted by Crippen LogP contribution is -2.35. The maximum atomic E-state index is 12.6. The lowest BCUT2D eigenvalue weighted by molar-refractivity contribution is -0.131. The number of anilines is 2. The van der Waals surface area contributed by atoms with Gasteiger partial charge in [-0.2, -0.15) is 0 Å². The summed E-state index contributed by atoms with van der Waals surface area (Å²) in [6.45, 7) is 4.59. The second-order valence-electron chi connectivity index (χ2n) is 6.50. The van der Waals surface area contributed by atoms with Crippen molar-refractivity contribution in [2.45, 2.75) is 33.1 Å². The zero-order chi connectivity index (χ0) is 18.6. The van der Waals surface area contributed by atoms with Crippen LogP contribution < -0.4 is 15.4 Å². The summed E-state index contributed by atoms with van der Waals surface area (Å²) in [6, 6.07) is 14.9. The molecule has 2 aromatic rings. The van der Waals surface area contributed by atoms with Gasteiger partial charge in [0.05, 0.1) is 6.61 Å². The number of carbonyl (C=O) groups excluding carboxylic acids is 2. The number of carbonyl (C=O) groups is 2. The van der Waals surface area contributed by atoms with Gasteiger partial charge >= 0.3 is 0 Å². The summed E-state index contributed by atoms with van der Waals surface area (Å²) in [5, 5.41) is 5.71. The van der Waals surface area contributed by atoms with Crippen LogP contribution in [-0.2, 0) is 16.0 Å². The topological polar surface area (TPSA) is 67.4 Å². The largest absolute Gasteiger partial charge is 0.494 e. The minimum absolute atomic E-state index is 0.245. The fourth-order valence-electron chi connectivity index (χ4n) is 2.81. The first-order valence-corrected chi connectivity index (χ1v) is 9.02. The number of amides is 2. The standard InChI is InChI=1S/C21H24N2O3/c1-3-15-5-7-16(8-6-15)22-19(24)21(13-14-21)20(25)23-17-9-11-18(12-10-17)26-4-2/h5-12H,3-4,13-14H2,1-2H3,(H,22,24)(H,23,25). The first-order valence-electron chi connectivity index (χ1n) is 9.02. The summed E-state index contributed by atoms with van der Waals surface area (Å²) in [5.74, 6) is 0.245. The molecule has 3 rings (SSSR count). The number of ether oxygens (including phenoxy) is 1. The summed E-state index contributed by atoms with van der Waals surface area (Å²) >= 11 is 0. The second-order valence-corrected chi connectivity index (χ2v) is 6.50. The van der Waals surface area contributed by atoms with E-state index in [0.717, 1.165) is 12.2 Å². The molecule has 136 valence electrons. The van der Waals surface area contributed by atoms with Gasteiger partial charge in [-0.05, 0) is 68.1 Å². The van der Waals surface area contributed by atoms with Crippen molar-refractivity contribution in [3.05, 3.63) is 54.1 Å². The van der Waals surface area contributed by atoms with Gasteiger partial charge in [0.2, 0.25) is 11.8 Å². The monoisotopic (exact) mass is 352 g/mol. The highest BCUT2D eigenvalue weighted by molar-refractivity contribution is 6.16. The molecule has 5 nitrogen and oxygen atoms in total. The quantitative estimate of drug-likeness (QED) is 0.740. The average Bonchev–Trinajstić information content (AvgIpc) is 3.46. The Morgan fingerprint density at radius 3 is 1.81 bits per heavy atom. The van der Waals surface area contributed by atoms with Crippen LogP contribution in [-0.4, -0.2) is 18.4 Å². The Hall–Kier alpha value is -2.82. The van der Waals surface area contributed by atoms with E-state index in [-0.39, 0.29) is 11.8 Å². The van der Waals surface area contributed by atoms with Crippen LogP contribution in [0.1, 0.15) is 32.3 Å². The molecule has 0 heterocycles. The van der Waals surface area contributed by atoms with Crippen LogP contribution in [0.2, 0.25) is 0 Å². The average molecular weight is 352 g/mol. The highest BCUT2D eigenvalue weighted by Crippen LogP contribution is 2.47. The first-order chi connectivity index (χ1) is 12.6. The summed E-state index contributed by atoms with van der Waals surface area (Å²) in [7, 11) is 0. The molecule has 0 unspecified atom stereocenters. The van der Waals surface area contributed by atoms with Gasteiger partial charge in [-0.3, -0.25) is 9.59 Å². The molecule has 26 heavy (non-hydrogen) atoms. The summed E-state index contributed by atoms with van der Waals surface area (Å²) < 4.78 is 5.39. The summed E-state index contributed by atoms with van der Waals surface area (Å²) in [6.07, 6.45) is 2.08. The van der Waals surface area contributed by atoms with E-state index < -0.39 is 5.41 Å². The zero-order valence-electron chi connectivity index (χ0n) is 15.2. The van der Waals surface area contributed by atoms with Gasteiger partial charge in [0.1, 0.15) is 11.2 Å². The van der Waals surface area contributed by atoms with Crippen LogP contribution >= 0.6 is 0 Å². The molecule has 5 heteroatoms. The van der Waals surface area contributed by atoms with Gasteiger partial charge < -0.3 is 15.4 Å². The van der Waals surface area contributed by atoms with Gasteiger partial charge in [0.15, 0.2) is 0 Å². The molecular weight excluding hydrogens is 328 g/mol. The van der Waals surface area contributed by atoms with E-state index in [0.29, 0.717) is 30.8 Å². The molecule has 0 radical (unpaired) electrons. The number of rotatable bonds is 7. The number of nitrogens with one attached hydrogen (secondary N) is 2. The highest BCUT2D eigenvalue weighted by Gasteiger charge is 2.56. The van der Waals surface area contributed by atoms with Crippen molar-refractivity contribution >= 4 is 23.2 Å². The lowest BCUT2D eigenvalue weighted by atomic mass is 10.0. The Kier molecular flexibility index (Phi) is 5.26. The van der Waals surface area contributed by atoms with Gasteiger partial charge in [0.25, 0.3) is 0 Å². The van der Waals surface area contributed by atoms with Gasteiger partial charge in [-0.15, -0.1) is 0 Å². The van der Waals surface area contributed by atoms with E-state index in [1.165, 1.54) is 5.56 Å². The number of benzene rings is 2. The molecule has 2 amide bonds. The van der Waals surface area contributed by atoms with Crippen LogP contribution in [0.3, 0.4) is 0 Å². The molecule has 1 aliphatic carbocycles. The fraction of sp³-hybridized carbons (Fsp3) is 0.333. The molecule has 0 spiro atoms. The molecular formula is C21H24N2O3. The minimum atomic E-state index is -0.970. The maximum absolute atomic E-state index is 12.6. The van der Waals surface area contributed by atoms with E-state index in [1.54, 1.807) is 24.3 Å². The van der Waals surface area contributed by atoms with E-state index in [4.69, 9.17) is 4.74 Å². The predicted molar refractivity (Wildman–Crippen MR) is 102 cm³/mol. The lowest BCUT2D eigenvalue weighted by Gasteiger charge is -2.16. The third kappa shape index (κ3) is 3.87. The van der Waals surface area contributed by atoms with Crippen LogP contribution in [0.15, 0.2) is 48.5 Å². The minimum Gasteiger partial charge on any atom is -0.494 e. The number of aryl methyl sites for hydroxylation is 1. The normalized spacial score (nSPS) is 14.4. The molecule has 0 bridgehead atoms. The van der Waals surface area contributed by atoms with E-state index in [1.807, 2.05) is 31.2 Å². The Morgan fingerprint density at radius 1 is 0.885 bits per heavy atom. The van der Waals surface area contributed by atoms with Crippen molar-refractivity contribution in [2.24, 2.45) is 5.41 Å². The fourth-order valence-corrected chi connectivity index (χ4v) is 2.81. The van der Waals surface area contributed by atoms with E-state index in [9.17, 15) is 9.59 Å². The van der Waals surface area contributed by atoms with E-state index in [2.05, 4.69) is 17.6 Å². The number of hydrogen-bond acceptors (Lipinski definition) is 3. The molecule has 1 saturated carbocycles. The third-order valence-electron chi connectivity index (χ3n) is 4.66. The molecule has 1 fully saturated rings. The van der Waals surface area contributed by atoms with Crippen molar-refractivity contribution in [3.8, 4) is 5.75 Å². The molecule has 2 N–H and O–H groups in total. The van der Waals surface area contributed by atoms with Gasteiger partial charge in [0, 0.05) is 11.4 Å². The van der Waals surface area contributed by atoms with Crippen molar-refractivity contribution in [1.82, 2.24) is 0 Å². The molecule has 0 atom stereocenters. The van der Waals surface area contributed by atoms with Gasteiger partial charge in [-0.25, -0.2) is 0 Å². The first kappa shape index (κ1) is 18.0. The SMILES string of the molecule is CCOc1ccc(NC(=O)C2(C(=O)Nc3ccc(CC)cc3)CC2)cc1. The Balaban J connectivity index is 1.63. The van der Waals surface area contributed by atoms with Crippen molar-refractivity contribution in [2.75, 3.05) is 17.2 Å². The molecule has 2 aromatic carbocycles. The Labute approximate surface area is 153 Å². The van der Waals surface area contributed by atoms with Crippen LogP contribution in [0, 0.1) is 5.41 Å². The van der Waals surface area contributed by atoms with Crippen molar-refractivity contribution in [3.63, 3.8) is 0 Å². The Morgan fingerprint density at radius 2 is 1.38 bits per heavy atom. The van der Waals surface area contributed by atoms with Crippen LogP contribution in [0.5, 0.6) is 5.75 Å². The zero-order valence-corrected chi connectivity index (χ0v) is 15.2. The molecule has 1 aliphatic rings. The summed E-state index contributed by atoms with van der Waals surface area (Å²) in [5.41, 5.74) is 1.61. The maximum Gasteiger partial charge on any atom is 0.240 e. The third-order valence-corrected chi connectivity index (χ3v) is 4.66. The van der Waals surface area contributed by atoms with Crippen LogP contribution in [0.4, 0.5) is 11.4 Å². The molecule has 0 aliphatic heterocycles. The number of hydrogen-bond donors (Lipinski definition) is 2. The predicted octanol–water partition coefficient (Wildman–Crippen LogP) is 4.01. The molecule has 0 saturated heterocycles. The highest BCUT2D eigenvalue weighted by atomic mass is 16.5. The Bertz CT molecular complexity index is 778. The van der Waals surface area contributed by atoms with Crippen molar-refractivity contribution < 1.29 is 14.3 Å². The van der Waals surface area contributed by atoms with Crippen LogP contribution in [0.25, 0.3) is 0 Å². The van der Waals surface area contributed by atoms with Crippen molar-refractivity contribution in [1.29, 1.82) is 0 Å². The van der Waals surface area contributed by atoms with Gasteiger partial charge in [-0.1, -0.05) is 19.1 Å². The smallest absolute Gasteiger partial charge is 0.240 e. The second kappa shape index (κ2) is 7.60. The van der Waals surface area contributed by atoms with E-state index >= 15 is 0 Å².